The zero-order valence-electron chi connectivity index (χ0n) is 12.0. The fourth-order valence-electron chi connectivity index (χ4n) is 2.04. The predicted octanol–water partition coefficient (Wildman–Crippen LogP) is 3.54. The number of methoxy groups -OCH3 is 2. The molecule has 0 radical (unpaired) electrons. The number of hydrogen-bond donors (Lipinski definition) is 1. The Kier molecular flexibility index (Phi) is 6.58. The Morgan fingerprint density at radius 3 is 2.50 bits per heavy atom. The molecule has 0 aliphatic carbocycles. The molecule has 0 aliphatic rings. The van der Waals surface area contributed by atoms with Crippen LogP contribution in [0.1, 0.15) is 44.7 Å². The van der Waals surface area contributed by atoms with Crippen molar-refractivity contribution < 1.29 is 9.47 Å². The van der Waals surface area contributed by atoms with Gasteiger partial charge in [0.1, 0.15) is 11.5 Å². The van der Waals surface area contributed by atoms with Gasteiger partial charge in [-0.25, -0.2) is 0 Å². The predicted molar refractivity (Wildman–Crippen MR) is 75.5 cm³/mol. The highest BCUT2D eigenvalue weighted by Crippen LogP contribution is 2.30. The Bertz CT molecular complexity index is 352. The molecule has 0 saturated heterocycles. The van der Waals surface area contributed by atoms with E-state index >= 15 is 0 Å². The van der Waals surface area contributed by atoms with Crippen molar-refractivity contribution in [2.24, 2.45) is 0 Å². The lowest BCUT2D eigenvalue weighted by atomic mass is 10.0. The summed E-state index contributed by atoms with van der Waals surface area (Å²) in [6.07, 6.45) is 3.44. The summed E-state index contributed by atoms with van der Waals surface area (Å²) in [4.78, 5) is 0. The summed E-state index contributed by atoms with van der Waals surface area (Å²) in [7, 11) is 3.40. The van der Waals surface area contributed by atoms with Gasteiger partial charge in [0.05, 0.1) is 14.2 Å². The second-order valence-corrected chi connectivity index (χ2v) is 4.38. The van der Waals surface area contributed by atoms with Gasteiger partial charge < -0.3 is 14.8 Å². The van der Waals surface area contributed by atoms with Gasteiger partial charge in [0.2, 0.25) is 0 Å². The van der Waals surface area contributed by atoms with Crippen LogP contribution in [-0.2, 0) is 0 Å². The molecule has 102 valence electrons. The van der Waals surface area contributed by atoms with Gasteiger partial charge >= 0.3 is 0 Å². The topological polar surface area (TPSA) is 30.5 Å². The van der Waals surface area contributed by atoms with E-state index in [-0.39, 0.29) is 0 Å². The van der Waals surface area contributed by atoms with E-state index in [4.69, 9.17) is 9.47 Å². The minimum Gasteiger partial charge on any atom is -0.497 e. The van der Waals surface area contributed by atoms with Crippen molar-refractivity contribution in [1.82, 2.24) is 5.32 Å². The van der Waals surface area contributed by atoms with Crippen LogP contribution in [0.5, 0.6) is 11.5 Å². The average molecular weight is 251 g/mol. The maximum atomic E-state index is 5.44. The van der Waals surface area contributed by atoms with Crippen LogP contribution in [-0.4, -0.2) is 20.8 Å². The molecule has 0 unspecified atom stereocenters. The second kappa shape index (κ2) is 7.98. The minimum atomic E-state index is 0.321. The van der Waals surface area contributed by atoms with Crippen molar-refractivity contribution >= 4 is 0 Å². The van der Waals surface area contributed by atoms with Gasteiger partial charge in [0, 0.05) is 11.6 Å². The van der Waals surface area contributed by atoms with E-state index in [0.717, 1.165) is 24.5 Å². The zero-order chi connectivity index (χ0) is 13.4. The Morgan fingerprint density at radius 2 is 1.94 bits per heavy atom. The molecule has 1 aromatic rings. The Balaban J connectivity index is 2.87. The summed E-state index contributed by atoms with van der Waals surface area (Å²) in [6.45, 7) is 5.42. The van der Waals surface area contributed by atoms with Crippen LogP contribution in [0.25, 0.3) is 0 Å². The van der Waals surface area contributed by atoms with Gasteiger partial charge in [-0.05, 0) is 37.6 Å². The summed E-state index contributed by atoms with van der Waals surface area (Å²) in [5, 5.41) is 3.58. The van der Waals surface area contributed by atoms with Crippen molar-refractivity contribution in [3.05, 3.63) is 23.8 Å². The molecule has 18 heavy (non-hydrogen) atoms. The number of nitrogens with one attached hydrogen (secondary N) is 1. The summed E-state index contributed by atoms with van der Waals surface area (Å²) in [5.74, 6) is 1.80. The third kappa shape index (κ3) is 3.91. The molecule has 3 nitrogen and oxygen atoms in total. The van der Waals surface area contributed by atoms with E-state index in [2.05, 4.69) is 25.2 Å². The molecule has 0 aromatic heterocycles. The lowest BCUT2D eigenvalue weighted by Crippen LogP contribution is -2.22. The van der Waals surface area contributed by atoms with Gasteiger partial charge in [-0.3, -0.25) is 0 Å². The van der Waals surface area contributed by atoms with Crippen LogP contribution in [0.15, 0.2) is 18.2 Å². The van der Waals surface area contributed by atoms with Crippen LogP contribution in [0.3, 0.4) is 0 Å². The van der Waals surface area contributed by atoms with Gasteiger partial charge in [-0.15, -0.1) is 0 Å². The highest BCUT2D eigenvalue weighted by Gasteiger charge is 2.14. The molecule has 1 aromatic carbocycles. The highest BCUT2D eigenvalue weighted by atomic mass is 16.5. The SMILES string of the molecule is CCCCN[C@H](CC)c1cc(OC)ccc1OC. The van der Waals surface area contributed by atoms with Crippen LogP contribution >= 0.6 is 0 Å². The third-order valence-electron chi connectivity index (χ3n) is 3.14. The first-order valence-electron chi connectivity index (χ1n) is 6.72. The van der Waals surface area contributed by atoms with Crippen molar-refractivity contribution in [3.63, 3.8) is 0 Å². The van der Waals surface area contributed by atoms with Crippen molar-refractivity contribution in [1.29, 1.82) is 0 Å². The van der Waals surface area contributed by atoms with Gasteiger partial charge in [-0.2, -0.15) is 0 Å². The first-order chi connectivity index (χ1) is 8.76. The number of rotatable bonds is 8. The van der Waals surface area contributed by atoms with E-state index in [1.165, 1.54) is 18.4 Å². The van der Waals surface area contributed by atoms with E-state index in [1.807, 2.05) is 12.1 Å². The molecule has 1 rings (SSSR count). The number of ether oxygens (including phenoxy) is 2. The van der Waals surface area contributed by atoms with Crippen molar-refractivity contribution in [2.75, 3.05) is 20.8 Å². The molecule has 0 heterocycles. The first kappa shape index (κ1) is 14.8. The van der Waals surface area contributed by atoms with Crippen LogP contribution in [0, 0.1) is 0 Å². The Morgan fingerprint density at radius 1 is 1.17 bits per heavy atom. The number of hydrogen-bond acceptors (Lipinski definition) is 3. The molecule has 0 spiro atoms. The van der Waals surface area contributed by atoms with E-state index < -0.39 is 0 Å². The van der Waals surface area contributed by atoms with Crippen LogP contribution in [0.4, 0.5) is 0 Å². The fraction of sp³-hybridized carbons (Fsp3) is 0.600. The van der Waals surface area contributed by atoms with Crippen molar-refractivity contribution in [3.8, 4) is 11.5 Å². The summed E-state index contributed by atoms with van der Waals surface area (Å²) in [6, 6.07) is 6.28. The zero-order valence-corrected chi connectivity index (χ0v) is 12.0. The quantitative estimate of drug-likeness (QED) is 0.717. The normalized spacial score (nSPS) is 12.2. The van der Waals surface area contributed by atoms with E-state index in [1.54, 1.807) is 14.2 Å². The molecule has 0 bridgehead atoms. The number of unbranched alkanes of at least 4 members (excludes halogenated alkanes) is 1. The maximum Gasteiger partial charge on any atom is 0.123 e. The molecule has 0 aliphatic heterocycles. The molecule has 0 amide bonds. The van der Waals surface area contributed by atoms with Gasteiger partial charge in [0.25, 0.3) is 0 Å². The largest absolute Gasteiger partial charge is 0.497 e. The molecule has 0 saturated carbocycles. The Labute approximate surface area is 110 Å². The standard InChI is InChI=1S/C15H25NO2/c1-5-7-10-16-14(6-2)13-11-12(17-3)8-9-15(13)18-4/h8-9,11,14,16H,5-7,10H2,1-4H3/t14-/m1/s1. The first-order valence-corrected chi connectivity index (χ1v) is 6.72. The Hall–Kier alpha value is -1.22. The summed E-state index contributed by atoms with van der Waals surface area (Å²) in [5.41, 5.74) is 1.18. The minimum absolute atomic E-state index is 0.321. The second-order valence-electron chi connectivity index (χ2n) is 4.38. The highest BCUT2D eigenvalue weighted by molar-refractivity contribution is 5.42. The van der Waals surface area contributed by atoms with Gasteiger partial charge in [-0.1, -0.05) is 20.3 Å². The average Bonchev–Trinajstić information content (AvgIpc) is 2.43. The summed E-state index contributed by atoms with van der Waals surface area (Å²) < 4.78 is 10.7. The lowest BCUT2D eigenvalue weighted by Gasteiger charge is -2.20. The molecule has 3 heteroatoms. The molecule has 1 N–H and O–H groups in total. The monoisotopic (exact) mass is 251 g/mol. The molecule has 0 fully saturated rings. The lowest BCUT2D eigenvalue weighted by molar-refractivity contribution is 0.387. The van der Waals surface area contributed by atoms with E-state index in [9.17, 15) is 0 Å². The molecular weight excluding hydrogens is 226 g/mol. The van der Waals surface area contributed by atoms with E-state index in [0.29, 0.717) is 6.04 Å². The maximum absolute atomic E-state index is 5.44. The molecular formula is C15H25NO2. The van der Waals surface area contributed by atoms with Crippen LogP contribution in [0.2, 0.25) is 0 Å². The van der Waals surface area contributed by atoms with Crippen molar-refractivity contribution in [2.45, 2.75) is 39.2 Å². The third-order valence-corrected chi connectivity index (χ3v) is 3.14. The fourth-order valence-corrected chi connectivity index (χ4v) is 2.04. The van der Waals surface area contributed by atoms with Gasteiger partial charge in [0.15, 0.2) is 0 Å². The smallest absolute Gasteiger partial charge is 0.123 e. The summed E-state index contributed by atoms with van der Waals surface area (Å²) >= 11 is 0. The number of benzene rings is 1. The van der Waals surface area contributed by atoms with Crippen LogP contribution < -0.4 is 14.8 Å². The molecule has 1 atom stereocenters.